The number of hydrogen-bond acceptors (Lipinski definition) is 1. The highest BCUT2D eigenvalue weighted by molar-refractivity contribution is 9.11. The van der Waals surface area contributed by atoms with Crippen LogP contribution in [0.4, 0.5) is 0 Å². The van der Waals surface area contributed by atoms with E-state index in [1.54, 1.807) is 0 Å². The highest BCUT2D eigenvalue weighted by Crippen LogP contribution is 2.26. The fourth-order valence-electron chi connectivity index (χ4n) is 2.03. The Balaban J connectivity index is 2.14. The molecule has 0 bridgehead atoms. The molecule has 0 saturated heterocycles. The minimum Gasteiger partial charge on any atom is -0.309 e. The summed E-state index contributed by atoms with van der Waals surface area (Å²) in [5, 5.41) is 3.52. The predicted molar refractivity (Wildman–Crippen MR) is 62.1 cm³/mol. The Labute approximate surface area is 90.1 Å². The Bertz CT molecular complexity index is 159. The summed E-state index contributed by atoms with van der Waals surface area (Å²) in [5.74, 6) is 0.991. The quantitative estimate of drug-likeness (QED) is 0.801. The van der Waals surface area contributed by atoms with E-state index < -0.39 is 0 Å². The van der Waals surface area contributed by atoms with Crippen molar-refractivity contribution in [2.24, 2.45) is 5.92 Å². The topological polar surface area (TPSA) is 12.0 Å². The van der Waals surface area contributed by atoms with Gasteiger partial charge >= 0.3 is 0 Å². The molecule has 1 N–H and O–H groups in total. The second kappa shape index (κ2) is 5.82. The summed E-state index contributed by atoms with van der Waals surface area (Å²) in [6.45, 7) is 7.05. The van der Waals surface area contributed by atoms with E-state index in [1.165, 1.54) is 32.1 Å². The van der Waals surface area contributed by atoms with Crippen LogP contribution in [-0.4, -0.2) is 12.6 Å². The normalized spacial score (nSPS) is 28.8. The van der Waals surface area contributed by atoms with Gasteiger partial charge in [0.25, 0.3) is 0 Å². The van der Waals surface area contributed by atoms with E-state index >= 15 is 0 Å². The first-order chi connectivity index (χ1) is 6.22. The molecule has 1 rings (SSSR count). The van der Waals surface area contributed by atoms with Crippen LogP contribution in [0.3, 0.4) is 0 Å². The van der Waals surface area contributed by atoms with Crippen LogP contribution in [0.1, 0.15) is 39.0 Å². The van der Waals surface area contributed by atoms with Crippen molar-refractivity contribution in [1.29, 1.82) is 0 Å². The van der Waals surface area contributed by atoms with E-state index in [-0.39, 0.29) is 0 Å². The van der Waals surface area contributed by atoms with Crippen molar-refractivity contribution in [2.45, 2.75) is 45.1 Å². The van der Waals surface area contributed by atoms with Gasteiger partial charge in [0.1, 0.15) is 0 Å². The second-order valence-electron chi connectivity index (χ2n) is 4.02. The molecule has 1 fully saturated rings. The van der Waals surface area contributed by atoms with Crippen LogP contribution in [-0.2, 0) is 0 Å². The van der Waals surface area contributed by atoms with Gasteiger partial charge in [0.05, 0.1) is 0 Å². The van der Waals surface area contributed by atoms with Crippen molar-refractivity contribution in [1.82, 2.24) is 5.32 Å². The third kappa shape index (κ3) is 4.28. The molecule has 0 aromatic rings. The Morgan fingerprint density at radius 1 is 1.38 bits per heavy atom. The van der Waals surface area contributed by atoms with Gasteiger partial charge in [0.15, 0.2) is 0 Å². The standard InChI is InChI=1S/C11H20BrN/c1-3-10-4-6-11(7-5-10)13-8-9(2)12/h10-11,13H,2-8H2,1H3. The molecule has 0 aromatic heterocycles. The van der Waals surface area contributed by atoms with E-state index in [4.69, 9.17) is 0 Å². The fourth-order valence-corrected chi connectivity index (χ4v) is 2.19. The molecule has 0 heterocycles. The van der Waals surface area contributed by atoms with E-state index in [1.807, 2.05) is 0 Å². The summed E-state index contributed by atoms with van der Waals surface area (Å²) in [6, 6.07) is 0.733. The van der Waals surface area contributed by atoms with Crippen LogP contribution in [0, 0.1) is 5.92 Å². The highest BCUT2D eigenvalue weighted by Gasteiger charge is 2.18. The van der Waals surface area contributed by atoms with Crippen LogP contribution in [0.25, 0.3) is 0 Å². The number of rotatable bonds is 4. The van der Waals surface area contributed by atoms with Crippen molar-refractivity contribution in [3.63, 3.8) is 0 Å². The van der Waals surface area contributed by atoms with Gasteiger partial charge in [0.2, 0.25) is 0 Å². The van der Waals surface area contributed by atoms with Gasteiger partial charge in [-0.05, 0) is 31.6 Å². The maximum atomic E-state index is 3.82. The van der Waals surface area contributed by atoms with E-state index in [2.05, 4.69) is 34.7 Å². The van der Waals surface area contributed by atoms with Gasteiger partial charge in [-0.15, -0.1) is 0 Å². The zero-order valence-electron chi connectivity index (χ0n) is 8.48. The van der Waals surface area contributed by atoms with E-state index in [0.717, 1.165) is 23.0 Å². The van der Waals surface area contributed by atoms with Gasteiger partial charge in [0, 0.05) is 17.1 Å². The third-order valence-corrected chi connectivity index (χ3v) is 3.29. The summed E-state index contributed by atoms with van der Waals surface area (Å²) in [5.41, 5.74) is 0. The average Bonchev–Trinajstić information content (AvgIpc) is 2.15. The molecule has 0 aliphatic heterocycles. The van der Waals surface area contributed by atoms with Crippen LogP contribution >= 0.6 is 15.9 Å². The maximum Gasteiger partial charge on any atom is 0.0268 e. The maximum absolute atomic E-state index is 3.82. The first-order valence-corrected chi connectivity index (χ1v) is 6.08. The van der Waals surface area contributed by atoms with Crippen LogP contribution in [0.15, 0.2) is 11.1 Å². The summed E-state index contributed by atoms with van der Waals surface area (Å²) in [4.78, 5) is 0. The molecule has 0 spiro atoms. The molecule has 76 valence electrons. The van der Waals surface area contributed by atoms with Crippen molar-refractivity contribution < 1.29 is 0 Å². The molecule has 0 radical (unpaired) electrons. The SMILES string of the molecule is C=C(Br)CNC1CCC(CC)CC1. The Morgan fingerprint density at radius 3 is 2.46 bits per heavy atom. The van der Waals surface area contributed by atoms with Gasteiger partial charge in [-0.25, -0.2) is 0 Å². The molecular formula is C11H20BrN. The molecule has 1 aliphatic rings. The number of hydrogen-bond donors (Lipinski definition) is 1. The summed E-state index contributed by atoms with van der Waals surface area (Å²) in [7, 11) is 0. The molecule has 0 aromatic carbocycles. The largest absolute Gasteiger partial charge is 0.309 e. The van der Waals surface area contributed by atoms with Gasteiger partial charge in [-0.1, -0.05) is 35.9 Å². The monoisotopic (exact) mass is 245 g/mol. The lowest BCUT2D eigenvalue weighted by molar-refractivity contribution is 0.291. The summed E-state index contributed by atoms with van der Waals surface area (Å²) < 4.78 is 1.06. The van der Waals surface area contributed by atoms with E-state index in [0.29, 0.717) is 0 Å². The molecule has 1 nitrogen and oxygen atoms in total. The average molecular weight is 246 g/mol. The van der Waals surface area contributed by atoms with Crippen molar-refractivity contribution in [2.75, 3.05) is 6.54 Å². The zero-order chi connectivity index (χ0) is 9.68. The zero-order valence-corrected chi connectivity index (χ0v) is 10.1. The van der Waals surface area contributed by atoms with Crippen molar-refractivity contribution >= 4 is 15.9 Å². The lowest BCUT2D eigenvalue weighted by atomic mass is 9.84. The lowest BCUT2D eigenvalue weighted by Gasteiger charge is -2.28. The minimum atomic E-state index is 0.733. The Morgan fingerprint density at radius 2 is 2.00 bits per heavy atom. The van der Waals surface area contributed by atoms with E-state index in [9.17, 15) is 0 Å². The number of halogens is 1. The Kier molecular flexibility index (Phi) is 5.04. The smallest absolute Gasteiger partial charge is 0.0268 e. The molecule has 0 unspecified atom stereocenters. The first-order valence-electron chi connectivity index (χ1n) is 5.29. The highest BCUT2D eigenvalue weighted by atomic mass is 79.9. The Hall–Kier alpha value is 0.180. The van der Waals surface area contributed by atoms with Crippen molar-refractivity contribution in [3.8, 4) is 0 Å². The summed E-state index contributed by atoms with van der Waals surface area (Å²) >= 11 is 3.37. The second-order valence-corrected chi connectivity index (χ2v) is 5.15. The molecule has 2 heteroatoms. The van der Waals surface area contributed by atoms with Crippen molar-refractivity contribution in [3.05, 3.63) is 11.1 Å². The lowest BCUT2D eigenvalue weighted by Crippen LogP contribution is -2.33. The summed E-state index contributed by atoms with van der Waals surface area (Å²) in [6.07, 6.45) is 6.86. The molecule has 0 amide bonds. The molecule has 0 atom stereocenters. The van der Waals surface area contributed by atoms with Crippen LogP contribution < -0.4 is 5.32 Å². The molecule has 1 aliphatic carbocycles. The fraction of sp³-hybridized carbons (Fsp3) is 0.818. The van der Waals surface area contributed by atoms with Gasteiger partial charge in [-0.2, -0.15) is 0 Å². The minimum absolute atomic E-state index is 0.733. The van der Waals surface area contributed by atoms with Crippen LogP contribution in [0.5, 0.6) is 0 Å². The number of nitrogens with one attached hydrogen (secondary N) is 1. The van der Waals surface area contributed by atoms with Crippen LogP contribution in [0.2, 0.25) is 0 Å². The molecular weight excluding hydrogens is 226 g/mol. The first kappa shape index (κ1) is 11.3. The van der Waals surface area contributed by atoms with Gasteiger partial charge in [-0.3, -0.25) is 0 Å². The molecule has 13 heavy (non-hydrogen) atoms. The predicted octanol–water partition coefficient (Wildman–Crippen LogP) is 3.45. The molecule has 1 saturated carbocycles. The van der Waals surface area contributed by atoms with Gasteiger partial charge < -0.3 is 5.32 Å². The third-order valence-electron chi connectivity index (χ3n) is 3.01.